The van der Waals surface area contributed by atoms with Crippen molar-refractivity contribution < 1.29 is 19.1 Å². The Labute approximate surface area is 158 Å². The predicted octanol–water partition coefficient (Wildman–Crippen LogP) is 4.48. The van der Waals surface area contributed by atoms with Crippen LogP contribution in [0.5, 0.6) is 5.75 Å². The molecule has 0 aliphatic carbocycles. The van der Waals surface area contributed by atoms with Crippen molar-refractivity contribution in [2.24, 2.45) is 5.92 Å². The van der Waals surface area contributed by atoms with Crippen LogP contribution in [0.1, 0.15) is 29.8 Å². The van der Waals surface area contributed by atoms with Gasteiger partial charge in [0.15, 0.2) is 6.61 Å². The van der Waals surface area contributed by atoms with Crippen molar-refractivity contribution in [3.8, 4) is 5.75 Å². The molecule has 0 aliphatic heterocycles. The van der Waals surface area contributed by atoms with Gasteiger partial charge in [-0.15, -0.1) is 0 Å². The Morgan fingerprint density at radius 2 is 1.81 bits per heavy atom. The smallest absolute Gasteiger partial charge is 0.344 e. The highest BCUT2D eigenvalue weighted by Gasteiger charge is 2.10. The summed E-state index contributed by atoms with van der Waals surface area (Å²) < 4.78 is 10.4. The lowest BCUT2D eigenvalue weighted by Crippen LogP contribution is -2.17. The summed E-state index contributed by atoms with van der Waals surface area (Å²) in [6, 6.07) is 11.9. The fourth-order valence-corrected chi connectivity index (χ4v) is 2.26. The minimum absolute atomic E-state index is 0.167. The molecule has 0 spiro atoms. The standard InChI is InChI=1S/C20H22ClNO4/c1-13(2)11-26-19(23)12-25-16-9-7-15(8-10-16)20(24)22-18-6-4-5-17(21)14(18)3/h4-10,13H,11-12H2,1-3H3,(H,22,24). The van der Waals surface area contributed by atoms with Crippen LogP contribution in [0.3, 0.4) is 0 Å². The summed E-state index contributed by atoms with van der Waals surface area (Å²) in [4.78, 5) is 23.9. The predicted molar refractivity (Wildman–Crippen MR) is 102 cm³/mol. The zero-order valence-corrected chi connectivity index (χ0v) is 15.8. The number of nitrogens with one attached hydrogen (secondary N) is 1. The van der Waals surface area contributed by atoms with E-state index in [9.17, 15) is 9.59 Å². The van der Waals surface area contributed by atoms with Crippen LogP contribution in [0.15, 0.2) is 42.5 Å². The topological polar surface area (TPSA) is 64.6 Å². The Kier molecular flexibility index (Phi) is 7.04. The molecule has 0 aliphatic rings. The number of halogens is 1. The van der Waals surface area contributed by atoms with Crippen molar-refractivity contribution >= 4 is 29.2 Å². The second-order valence-electron chi connectivity index (χ2n) is 6.26. The van der Waals surface area contributed by atoms with Crippen LogP contribution in [-0.4, -0.2) is 25.1 Å². The van der Waals surface area contributed by atoms with Gasteiger partial charge >= 0.3 is 5.97 Å². The van der Waals surface area contributed by atoms with Crippen molar-refractivity contribution in [3.05, 3.63) is 58.6 Å². The monoisotopic (exact) mass is 375 g/mol. The van der Waals surface area contributed by atoms with E-state index in [1.807, 2.05) is 20.8 Å². The van der Waals surface area contributed by atoms with E-state index in [0.717, 1.165) is 5.56 Å². The van der Waals surface area contributed by atoms with E-state index in [0.29, 0.717) is 28.6 Å². The van der Waals surface area contributed by atoms with E-state index in [2.05, 4.69) is 5.32 Å². The average molecular weight is 376 g/mol. The maximum Gasteiger partial charge on any atom is 0.344 e. The zero-order chi connectivity index (χ0) is 19.1. The van der Waals surface area contributed by atoms with E-state index in [1.54, 1.807) is 42.5 Å². The summed E-state index contributed by atoms with van der Waals surface area (Å²) >= 11 is 6.06. The number of hydrogen-bond donors (Lipinski definition) is 1. The van der Waals surface area contributed by atoms with Gasteiger partial charge in [0, 0.05) is 16.3 Å². The molecule has 0 saturated carbocycles. The van der Waals surface area contributed by atoms with Gasteiger partial charge in [-0.2, -0.15) is 0 Å². The maximum absolute atomic E-state index is 12.3. The van der Waals surface area contributed by atoms with E-state index >= 15 is 0 Å². The molecular formula is C20H22ClNO4. The molecule has 2 rings (SSSR count). The van der Waals surface area contributed by atoms with Crippen molar-refractivity contribution in [1.82, 2.24) is 0 Å². The molecule has 2 aromatic carbocycles. The molecule has 0 aromatic heterocycles. The lowest BCUT2D eigenvalue weighted by atomic mass is 10.1. The fraction of sp³-hybridized carbons (Fsp3) is 0.300. The van der Waals surface area contributed by atoms with Gasteiger partial charge in [0.1, 0.15) is 5.75 Å². The first-order valence-electron chi connectivity index (χ1n) is 8.31. The first-order valence-corrected chi connectivity index (χ1v) is 8.69. The number of hydrogen-bond acceptors (Lipinski definition) is 4. The molecule has 5 nitrogen and oxygen atoms in total. The fourth-order valence-electron chi connectivity index (χ4n) is 2.08. The summed E-state index contributed by atoms with van der Waals surface area (Å²) in [5, 5.41) is 3.42. The van der Waals surface area contributed by atoms with Crippen LogP contribution in [0, 0.1) is 12.8 Å². The van der Waals surface area contributed by atoms with Gasteiger partial charge in [0.25, 0.3) is 5.91 Å². The van der Waals surface area contributed by atoms with Crippen LogP contribution >= 0.6 is 11.6 Å². The second kappa shape index (κ2) is 9.25. The van der Waals surface area contributed by atoms with Gasteiger partial charge in [-0.3, -0.25) is 4.79 Å². The van der Waals surface area contributed by atoms with Crippen LogP contribution < -0.4 is 10.1 Å². The molecule has 0 fully saturated rings. The number of carbonyl (C=O) groups is 2. The molecule has 0 bridgehead atoms. The Balaban J connectivity index is 1.91. The summed E-state index contributed by atoms with van der Waals surface area (Å²) in [6.07, 6.45) is 0. The number of anilines is 1. The largest absolute Gasteiger partial charge is 0.482 e. The molecular weight excluding hydrogens is 354 g/mol. The molecule has 1 amide bonds. The summed E-state index contributed by atoms with van der Waals surface area (Å²) in [5.41, 5.74) is 1.94. The lowest BCUT2D eigenvalue weighted by Gasteiger charge is -2.11. The lowest BCUT2D eigenvalue weighted by molar-refractivity contribution is -0.147. The van der Waals surface area contributed by atoms with Gasteiger partial charge in [0.05, 0.1) is 6.61 Å². The molecule has 138 valence electrons. The van der Waals surface area contributed by atoms with Gasteiger partial charge in [-0.25, -0.2) is 4.79 Å². The van der Waals surface area contributed by atoms with Gasteiger partial charge in [0.2, 0.25) is 0 Å². The number of ether oxygens (including phenoxy) is 2. The molecule has 2 aromatic rings. The highest BCUT2D eigenvalue weighted by atomic mass is 35.5. The maximum atomic E-state index is 12.3. The SMILES string of the molecule is Cc1c(Cl)cccc1NC(=O)c1ccc(OCC(=O)OCC(C)C)cc1. The molecule has 0 unspecified atom stereocenters. The molecule has 0 saturated heterocycles. The third-order valence-corrected chi connectivity index (χ3v) is 3.98. The normalized spacial score (nSPS) is 10.5. The van der Waals surface area contributed by atoms with Gasteiger partial charge < -0.3 is 14.8 Å². The number of esters is 1. The van der Waals surface area contributed by atoms with Gasteiger partial charge in [-0.05, 0) is 54.8 Å². The molecule has 0 radical (unpaired) electrons. The van der Waals surface area contributed by atoms with Crippen LogP contribution in [-0.2, 0) is 9.53 Å². The highest BCUT2D eigenvalue weighted by molar-refractivity contribution is 6.31. The van der Waals surface area contributed by atoms with Crippen molar-refractivity contribution in [2.75, 3.05) is 18.5 Å². The minimum Gasteiger partial charge on any atom is -0.482 e. The van der Waals surface area contributed by atoms with E-state index in [4.69, 9.17) is 21.1 Å². The highest BCUT2D eigenvalue weighted by Crippen LogP contribution is 2.23. The number of rotatable bonds is 7. The van der Waals surface area contributed by atoms with Crippen molar-refractivity contribution in [3.63, 3.8) is 0 Å². The quantitative estimate of drug-likeness (QED) is 0.725. The Morgan fingerprint density at radius 3 is 2.46 bits per heavy atom. The van der Waals surface area contributed by atoms with Crippen molar-refractivity contribution in [1.29, 1.82) is 0 Å². The van der Waals surface area contributed by atoms with Crippen LogP contribution in [0.25, 0.3) is 0 Å². The third-order valence-electron chi connectivity index (χ3n) is 3.57. The first-order chi connectivity index (χ1) is 12.4. The summed E-state index contributed by atoms with van der Waals surface area (Å²) in [7, 11) is 0. The summed E-state index contributed by atoms with van der Waals surface area (Å²) in [5.74, 6) is 0.0945. The van der Waals surface area contributed by atoms with Crippen LogP contribution in [0.4, 0.5) is 5.69 Å². The number of amides is 1. The van der Waals surface area contributed by atoms with Gasteiger partial charge in [-0.1, -0.05) is 31.5 Å². The molecule has 1 N–H and O–H groups in total. The van der Waals surface area contributed by atoms with Crippen molar-refractivity contribution in [2.45, 2.75) is 20.8 Å². The second-order valence-corrected chi connectivity index (χ2v) is 6.66. The Hall–Kier alpha value is -2.53. The molecule has 0 heterocycles. The number of benzene rings is 2. The number of carbonyl (C=O) groups excluding carboxylic acids is 2. The summed E-state index contributed by atoms with van der Waals surface area (Å²) in [6.45, 7) is 5.96. The zero-order valence-electron chi connectivity index (χ0n) is 15.0. The minimum atomic E-state index is -0.419. The third kappa shape index (κ3) is 5.77. The Bertz CT molecular complexity index is 772. The Morgan fingerprint density at radius 1 is 1.12 bits per heavy atom. The molecule has 6 heteroatoms. The van der Waals surface area contributed by atoms with E-state index < -0.39 is 5.97 Å². The average Bonchev–Trinajstić information content (AvgIpc) is 2.62. The van der Waals surface area contributed by atoms with E-state index in [1.165, 1.54) is 0 Å². The molecule has 0 atom stereocenters. The first kappa shape index (κ1) is 19.8. The van der Waals surface area contributed by atoms with E-state index in [-0.39, 0.29) is 18.4 Å². The molecule has 26 heavy (non-hydrogen) atoms. The van der Waals surface area contributed by atoms with Crippen LogP contribution in [0.2, 0.25) is 5.02 Å².